The summed E-state index contributed by atoms with van der Waals surface area (Å²) in [6, 6.07) is 11.3. The van der Waals surface area contributed by atoms with Crippen LogP contribution >= 0.6 is 11.6 Å². The van der Waals surface area contributed by atoms with E-state index >= 15 is 0 Å². The van der Waals surface area contributed by atoms with Crippen LogP contribution in [0.3, 0.4) is 0 Å². The van der Waals surface area contributed by atoms with Crippen LogP contribution in [0.4, 0.5) is 4.39 Å². The molecule has 138 valence electrons. The maximum atomic E-state index is 14.3. The minimum Gasteiger partial charge on any atom is -0.349 e. The highest BCUT2D eigenvalue weighted by Crippen LogP contribution is 2.34. The number of primary sulfonamides is 1. The van der Waals surface area contributed by atoms with Gasteiger partial charge in [0.2, 0.25) is 10.0 Å². The Labute approximate surface area is 156 Å². The highest BCUT2D eigenvalue weighted by molar-refractivity contribution is 7.89. The van der Waals surface area contributed by atoms with Crippen LogP contribution in [0, 0.1) is 11.7 Å². The molecule has 1 unspecified atom stereocenters. The van der Waals surface area contributed by atoms with Gasteiger partial charge in [0, 0.05) is 6.04 Å². The zero-order valence-electron chi connectivity index (χ0n) is 13.8. The Morgan fingerprint density at radius 1 is 1.27 bits per heavy atom. The first-order chi connectivity index (χ1) is 12.3. The minimum absolute atomic E-state index is 0.166. The molecule has 0 bridgehead atoms. The van der Waals surface area contributed by atoms with Crippen molar-refractivity contribution in [2.75, 3.05) is 0 Å². The van der Waals surface area contributed by atoms with Crippen molar-refractivity contribution in [3.63, 3.8) is 0 Å². The third-order valence-corrected chi connectivity index (χ3v) is 5.55. The minimum atomic E-state index is -4.11. The number of nitrogens with two attached hydrogens (primary N) is 1. The molecule has 2 aromatic rings. The van der Waals surface area contributed by atoms with E-state index in [1.54, 1.807) is 0 Å². The van der Waals surface area contributed by atoms with E-state index in [1.165, 1.54) is 0 Å². The second-order valence-electron chi connectivity index (χ2n) is 6.42. The standard InChI is InChI=1S/C18H18ClFN2O3S/c19-15-10-13(26(21,24)25)9-14(17(15)20)18(23)22-16(12-6-7-12)8-11-4-2-1-3-5-11/h1-5,9-10,12,16H,6-8H2,(H,22,23)(H2,21,24,25). The van der Waals surface area contributed by atoms with E-state index < -0.39 is 37.2 Å². The van der Waals surface area contributed by atoms with Gasteiger partial charge in [0.25, 0.3) is 5.91 Å². The fourth-order valence-corrected chi connectivity index (χ4v) is 3.69. The lowest BCUT2D eigenvalue weighted by molar-refractivity contribution is 0.0927. The second-order valence-corrected chi connectivity index (χ2v) is 8.39. The van der Waals surface area contributed by atoms with Crippen molar-refractivity contribution in [3.8, 4) is 0 Å². The lowest BCUT2D eigenvalue weighted by Crippen LogP contribution is -2.38. The van der Waals surface area contributed by atoms with Crippen molar-refractivity contribution in [1.29, 1.82) is 0 Å². The maximum Gasteiger partial charge on any atom is 0.254 e. The van der Waals surface area contributed by atoms with Crippen molar-refractivity contribution >= 4 is 27.5 Å². The smallest absolute Gasteiger partial charge is 0.254 e. The fourth-order valence-electron chi connectivity index (χ4n) is 2.84. The lowest BCUT2D eigenvalue weighted by atomic mass is 10.0. The van der Waals surface area contributed by atoms with E-state index in [2.05, 4.69) is 5.32 Å². The number of hydrogen-bond donors (Lipinski definition) is 2. The number of carbonyl (C=O) groups excluding carboxylic acids is 1. The van der Waals surface area contributed by atoms with Crippen molar-refractivity contribution in [2.24, 2.45) is 11.1 Å². The summed E-state index contributed by atoms with van der Waals surface area (Å²) >= 11 is 5.74. The van der Waals surface area contributed by atoms with Crippen LogP contribution in [0.25, 0.3) is 0 Å². The monoisotopic (exact) mass is 396 g/mol. The molecular formula is C18H18ClFN2O3S. The van der Waals surface area contributed by atoms with Crippen molar-refractivity contribution in [1.82, 2.24) is 5.32 Å². The van der Waals surface area contributed by atoms with E-state index in [0.717, 1.165) is 30.5 Å². The number of benzene rings is 2. The van der Waals surface area contributed by atoms with E-state index in [-0.39, 0.29) is 6.04 Å². The Morgan fingerprint density at radius 2 is 1.92 bits per heavy atom. The summed E-state index contributed by atoms with van der Waals surface area (Å²) in [6.45, 7) is 0. The number of halogens is 2. The number of carbonyl (C=O) groups is 1. The van der Waals surface area contributed by atoms with Gasteiger partial charge in [-0.25, -0.2) is 17.9 Å². The van der Waals surface area contributed by atoms with Crippen LogP contribution in [0.1, 0.15) is 28.8 Å². The van der Waals surface area contributed by atoms with Crippen LogP contribution < -0.4 is 10.5 Å². The first kappa shape index (κ1) is 18.8. The Hall–Kier alpha value is -1.96. The Morgan fingerprint density at radius 3 is 2.50 bits per heavy atom. The molecule has 3 N–H and O–H groups in total. The normalized spacial score (nSPS) is 15.5. The molecule has 0 aromatic heterocycles. The predicted molar refractivity (Wildman–Crippen MR) is 96.9 cm³/mol. The van der Waals surface area contributed by atoms with Crippen LogP contribution in [-0.4, -0.2) is 20.4 Å². The Kier molecular flexibility index (Phi) is 5.32. The largest absolute Gasteiger partial charge is 0.349 e. The summed E-state index contributed by atoms with van der Waals surface area (Å²) in [5, 5.41) is 7.42. The van der Waals surface area contributed by atoms with Gasteiger partial charge in [0.15, 0.2) is 5.82 Å². The highest BCUT2D eigenvalue weighted by Gasteiger charge is 2.33. The van der Waals surface area contributed by atoms with Crippen LogP contribution in [0.2, 0.25) is 5.02 Å². The van der Waals surface area contributed by atoms with E-state index in [0.29, 0.717) is 12.3 Å². The van der Waals surface area contributed by atoms with E-state index in [1.807, 2.05) is 30.3 Å². The third kappa shape index (κ3) is 4.41. The molecule has 1 atom stereocenters. The molecule has 0 saturated heterocycles. The zero-order chi connectivity index (χ0) is 18.9. The molecule has 1 aliphatic rings. The molecule has 1 aliphatic carbocycles. The summed E-state index contributed by atoms with van der Waals surface area (Å²) in [5.74, 6) is -1.35. The van der Waals surface area contributed by atoms with Crippen LogP contribution in [0.15, 0.2) is 47.4 Å². The predicted octanol–water partition coefficient (Wildman–Crippen LogP) is 2.88. The summed E-state index contributed by atoms with van der Waals surface area (Å²) in [5.41, 5.74) is 0.627. The average Bonchev–Trinajstić information content (AvgIpc) is 3.41. The topological polar surface area (TPSA) is 89.3 Å². The molecule has 8 heteroatoms. The van der Waals surface area contributed by atoms with Gasteiger partial charge >= 0.3 is 0 Å². The summed E-state index contributed by atoms with van der Waals surface area (Å²) < 4.78 is 37.3. The molecular weight excluding hydrogens is 379 g/mol. The van der Waals surface area contributed by atoms with Crippen LogP contribution in [0.5, 0.6) is 0 Å². The molecule has 1 fully saturated rings. The highest BCUT2D eigenvalue weighted by atomic mass is 35.5. The number of rotatable bonds is 6. The van der Waals surface area contributed by atoms with E-state index in [4.69, 9.17) is 16.7 Å². The molecule has 5 nitrogen and oxygen atoms in total. The Balaban J connectivity index is 1.85. The molecule has 0 spiro atoms. The molecule has 0 radical (unpaired) electrons. The quantitative estimate of drug-likeness (QED) is 0.786. The SMILES string of the molecule is NS(=O)(=O)c1cc(Cl)c(F)c(C(=O)NC(Cc2ccccc2)C2CC2)c1. The van der Waals surface area contributed by atoms with Crippen molar-refractivity contribution < 1.29 is 17.6 Å². The second kappa shape index (κ2) is 7.34. The third-order valence-electron chi connectivity index (χ3n) is 4.38. The van der Waals surface area contributed by atoms with Gasteiger partial charge in [-0.15, -0.1) is 0 Å². The van der Waals surface area contributed by atoms with Gasteiger partial charge in [-0.1, -0.05) is 41.9 Å². The molecule has 1 amide bonds. The first-order valence-electron chi connectivity index (χ1n) is 8.12. The molecule has 26 heavy (non-hydrogen) atoms. The van der Waals surface area contributed by atoms with Gasteiger partial charge in [0.1, 0.15) is 0 Å². The summed E-state index contributed by atoms with van der Waals surface area (Å²) in [6.07, 6.45) is 2.58. The molecule has 0 heterocycles. The first-order valence-corrected chi connectivity index (χ1v) is 10.0. The maximum absolute atomic E-state index is 14.3. The molecule has 1 saturated carbocycles. The summed E-state index contributed by atoms with van der Waals surface area (Å²) in [7, 11) is -4.11. The molecule has 2 aromatic carbocycles. The van der Waals surface area contributed by atoms with Crippen LogP contribution in [-0.2, 0) is 16.4 Å². The molecule has 3 rings (SSSR count). The summed E-state index contributed by atoms with van der Waals surface area (Å²) in [4.78, 5) is 12.2. The van der Waals surface area contributed by atoms with Crippen molar-refractivity contribution in [2.45, 2.75) is 30.2 Å². The van der Waals surface area contributed by atoms with Gasteiger partial charge in [-0.05, 0) is 42.9 Å². The fraction of sp³-hybridized carbons (Fsp3) is 0.278. The number of nitrogens with one attached hydrogen (secondary N) is 1. The van der Waals surface area contributed by atoms with Gasteiger partial charge in [-0.3, -0.25) is 4.79 Å². The zero-order valence-corrected chi connectivity index (χ0v) is 15.4. The van der Waals surface area contributed by atoms with Gasteiger partial charge in [-0.2, -0.15) is 0 Å². The molecule has 0 aliphatic heterocycles. The van der Waals surface area contributed by atoms with Gasteiger partial charge in [0.05, 0.1) is 15.5 Å². The number of sulfonamides is 1. The van der Waals surface area contributed by atoms with E-state index in [9.17, 15) is 17.6 Å². The number of amides is 1. The van der Waals surface area contributed by atoms with Crippen molar-refractivity contribution in [3.05, 3.63) is 64.4 Å². The lowest BCUT2D eigenvalue weighted by Gasteiger charge is -2.19. The van der Waals surface area contributed by atoms with Gasteiger partial charge < -0.3 is 5.32 Å². The Bertz CT molecular complexity index is 931. The number of hydrogen-bond acceptors (Lipinski definition) is 3. The average molecular weight is 397 g/mol.